The molecule has 7 nitrogen and oxygen atoms in total. The van der Waals surface area contributed by atoms with E-state index in [1.807, 2.05) is 34.6 Å². The van der Waals surface area contributed by atoms with Gasteiger partial charge in [0.2, 0.25) is 11.8 Å². The highest BCUT2D eigenvalue weighted by Gasteiger charge is 2.32. The minimum Gasteiger partial charge on any atom is -0.480 e. The molecule has 5 N–H and O–H groups in total. The third-order valence-corrected chi connectivity index (χ3v) is 3.72. The fraction of sp³-hybridized carbons (Fsp3) is 0.800. The van der Waals surface area contributed by atoms with Gasteiger partial charge in [0.25, 0.3) is 0 Å². The first-order chi connectivity index (χ1) is 10.4. The summed E-state index contributed by atoms with van der Waals surface area (Å²) in [4.78, 5) is 35.5. The number of thiol groups is 1. The molecular formula is C15H29N3O4S. The van der Waals surface area contributed by atoms with E-state index in [1.165, 1.54) is 0 Å². The zero-order valence-corrected chi connectivity index (χ0v) is 15.3. The van der Waals surface area contributed by atoms with Crippen LogP contribution in [-0.4, -0.2) is 46.8 Å². The minimum absolute atomic E-state index is 0.0368. The summed E-state index contributed by atoms with van der Waals surface area (Å²) < 4.78 is 0. The van der Waals surface area contributed by atoms with Crippen molar-refractivity contribution in [2.45, 2.75) is 59.2 Å². The molecule has 0 fully saturated rings. The van der Waals surface area contributed by atoms with E-state index in [1.54, 1.807) is 0 Å². The monoisotopic (exact) mass is 347 g/mol. The fourth-order valence-corrected chi connectivity index (χ4v) is 2.06. The fourth-order valence-electron chi connectivity index (χ4n) is 1.82. The Morgan fingerprint density at radius 2 is 1.57 bits per heavy atom. The molecule has 0 radical (unpaired) electrons. The Morgan fingerprint density at radius 3 is 1.91 bits per heavy atom. The molecule has 0 aliphatic carbocycles. The largest absolute Gasteiger partial charge is 0.480 e. The topological polar surface area (TPSA) is 122 Å². The molecule has 23 heavy (non-hydrogen) atoms. The van der Waals surface area contributed by atoms with Crippen LogP contribution >= 0.6 is 12.6 Å². The van der Waals surface area contributed by atoms with Crippen molar-refractivity contribution in [3.8, 4) is 0 Å². The molecule has 8 heteroatoms. The van der Waals surface area contributed by atoms with Gasteiger partial charge in [-0.05, 0) is 17.8 Å². The lowest BCUT2D eigenvalue weighted by Gasteiger charge is -2.29. The molecule has 3 atom stereocenters. The minimum atomic E-state index is -1.17. The van der Waals surface area contributed by atoms with Crippen molar-refractivity contribution in [3.63, 3.8) is 0 Å². The molecule has 0 spiro atoms. The van der Waals surface area contributed by atoms with Gasteiger partial charge < -0.3 is 21.5 Å². The highest BCUT2D eigenvalue weighted by molar-refractivity contribution is 7.80. The second-order valence-electron chi connectivity index (χ2n) is 7.12. The summed E-state index contributed by atoms with van der Waals surface area (Å²) in [6, 6.07) is -2.71. The standard InChI is InChI=1S/C15H29N3O4S/c1-8(2)6-9(12(19)18-10(7-23)14(21)22)17-13(20)11(16)15(3,4)5/h8-11,23H,6-7,16H2,1-5H3,(H,17,20)(H,18,19)(H,21,22)/t9-,10-,11+/m0/s1. The highest BCUT2D eigenvalue weighted by Crippen LogP contribution is 2.17. The van der Waals surface area contributed by atoms with Crippen molar-refractivity contribution in [3.05, 3.63) is 0 Å². The van der Waals surface area contributed by atoms with Gasteiger partial charge in [-0.2, -0.15) is 12.6 Å². The second-order valence-corrected chi connectivity index (χ2v) is 7.48. The van der Waals surface area contributed by atoms with Crippen LogP contribution in [0, 0.1) is 11.3 Å². The number of hydrogen-bond acceptors (Lipinski definition) is 5. The first-order valence-corrected chi connectivity index (χ1v) is 8.23. The molecule has 0 aliphatic heterocycles. The maximum absolute atomic E-state index is 12.3. The van der Waals surface area contributed by atoms with E-state index in [2.05, 4.69) is 23.3 Å². The summed E-state index contributed by atoms with van der Waals surface area (Å²) in [5, 5.41) is 14.0. The molecular weight excluding hydrogens is 318 g/mol. The number of carbonyl (C=O) groups is 3. The molecule has 0 bridgehead atoms. The lowest BCUT2D eigenvalue weighted by atomic mass is 9.86. The number of nitrogens with two attached hydrogens (primary N) is 1. The molecule has 0 rings (SSSR count). The predicted molar refractivity (Wildman–Crippen MR) is 92.2 cm³/mol. The SMILES string of the molecule is CC(C)C[C@H](NC(=O)[C@@H](N)C(C)(C)C)C(=O)N[C@@H](CS)C(=O)O. The van der Waals surface area contributed by atoms with Gasteiger partial charge in [0, 0.05) is 5.75 Å². The van der Waals surface area contributed by atoms with Gasteiger partial charge >= 0.3 is 5.97 Å². The maximum atomic E-state index is 12.3. The number of carboxylic acids is 1. The third kappa shape index (κ3) is 7.69. The van der Waals surface area contributed by atoms with Gasteiger partial charge in [0.15, 0.2) is 0 Å². The molecule has 0 heterocycles. The number of carboxylic acid groups (broad SMARTS) is 1. The first kappa shape index (κ1) is 21.7. The van der Waals surface area contributed by atoms with Crippen molar-refractivity contribution < 1.29 is 19.5 Å². The molecule has 0 saturated heterocycles. The Morgan fingerprint density at radius 1 is 1.09 bits per heavy atom. The number of rotatable bonds is 8. The Labute approximate surface area is 143 Å². The average Bonchev–Trinajstić information content (AvgIpc) is 2.40. The molecule has 0 aromatic rings. The summed E-state index contributed by atoms with van der Waals surface area (Å²) in [6.45, 7) is 9.30. The molecule has 0 unspecified atom stereocenters. The Hall–Kier alpha value is -1.28. The summed E-state index contributed by atoms with van der Waals surface area (Å²) in [6.07, 6.45) is 0.382. The smallest absolute Gasteiger partial charge is 0.327 e. The van der Waals surface area contributed by atoms with Crippen LogP contribution in [0.25, 0.3) is 0 Å². The first-order valence-electron chi connectivity index (χ1n) is 7.60. The van der Waals surface area contributed by atoms with Crippen LogP contribution in [0.5, 0.6) is 0 Å². The van der Waals surface area contributed by atoms with Gasteiger partial charge in [0.1, 0.15) is 12.1 Å². The average molecular weight is 347 g/mol. The normalized spacial score (nSPS) is 15.7. The van der Waals surface area contributed by atoms with Crippen LogP contribution in [0.15, 0.2) is 0 Å². The Kier molecular flexibility index (Phi) is 8.61. The molecule has 134 valence electrons. The van der Waals surface area contributed by atoms with E-state index >= 15 is 0 Å². The quantitative estimate of drug-likeness (QED) is 0.407. The van der Waals surface area contributed by atoms with Crippen LogP contribution < -0.4 is 16.4 Å². The zero-order chi connectivity index (χ0) is 18.4. The summed E-state index contributed by atoms with van der Waals surface area (Å²) >= 11 is 3.91. The maximum Gasteiger partial charge on any atom is 0.327 e. The molecule has 0 aromatic heterocycles. The number of carbonyl (C=O) groups excluding carboxylic acids is 2. The van der Waals surface area contributed by atoms with Crippen molar-refractivity contribution >= 4 is 30.4 Å². The van der Waals surface area contributed by atoms with Gasteiger partial charge in [-0.15, -0.1) is 0 Å². The number of aliphatic carboxylic acids is 1. The number of amides is 2. The van der Waals surface area contributed by atoms with Crippen LogP contribution in [-0.2, 0) is 14.4 Å². The van der Waals surface area contributed by atoms with E-state index < -0.39 is 41.3 Å². The lowest BCUT2D eigenvalue weighted by molar-refractivity contribution is -0.141. The Bertz CT molecular complexity index is 435. The zero-order valence-electron chi connectivity index (χ0n) is 14.4. The number of hydrogen-bond donors (Lipinski definition) is 5. The number of nitrogens with one attached hydrogen (secondary N) is 2. The van der Waals surface area contributed by atoms with Gasteiger partial charge in [0.05, 0.1) is 6.04 Å². The summed E-state index contributed by atoms with van der Waals surface area (Å²) in [5.74, 6) is -2.05. The Balaban J connectivity index is 5.04. The van der Waals surface area contributed by atoms with Crippen molar-refractivity contribution in [1.29, 1.82) is 0 Å². The molecule has 0 aliphatic rings. The second kappa shape index (κ2) is 9.12. The summed E-state index contributed by atoms with van der Waals surface area (Å²) in [7, 11) is 0. The van der Waals surface area contributed by atoms with Crippen LogP contribution in [0.3, 0.4) is 0 Å². The van der Waals surface area contributed by atoms with Gasteiger partial charge in [-0.1, -0.05) is 34.6 Å². The van der Waals surface area contributed by atoms with Crippen LogP contribution in [0.1, 0.15) is 41.0 Å². The highest BCUT2D eigenvalue weighted by atomic mass is 32.1. The molecule has 2 amide bonds. The van der Waals surface area contributed by atoms with E-state index in [4.69, 9.17) is 10.8 Å². The molecule has 0 aromatic carbocycles. The van der Waals surface area contributed by atoms with Crippen molar-refractivity contribution in [2.24, 2.45) is 17.1 Å². The van der Waals surface area contributed by atoms with E-state index in [0.29, 0.717) is 6.42 Å². The third-order valence-electron chi connectivity index (χ3n) is 3.35. The molecule has 0 saturated carbocycles. The van der Waals surface area contributed by atoms with E-state index in [9.17, 15) is 14.4 Å². The van der Waals surface area contributed by atoms with E-state index in [0.717, 1.165) is 0 Å². The van der Waals surface area contributed by atoms with Crippen LogP contribution in [0.4, 0.5) is 0 Å². The summed E-state index contributed by atoms with van der Waals surface area (Å²) in [5.41, 5.74) is 5.45. The predicted octanol–water partition coefficient (Wildman–Crippen LogP) is 0.390. The van der Waals surface area contributed by atoms with Crippen molar-refractivity contribution in [1.82, 2.24) is 10.6 Å². The van der Waals surface area contributed by atoms with Gasteiger partial charge in [-0.25, -0.2) is 4.79 Å². The van der Waals surface area contributed by atoms with E-state index in [-0.39, 0.29) is 11.7 Å². The van der Waals surface area contributed by atoms with Crippen molar-refractivity contribution in [2.75, 3.05) is 5.75 Å². The van der Waals surface area contributed by atoms with Crippen LogP contribution in [0.2, 0.25) is 0 Å². The van der Waals surface area contributed by atoms with Gasteiger partial charge in [-0.3, -0.25) is 9.59 Å². The lowest BCUT2D eigenvalue weighted by Crippen LogP contribution is -2.57.